The summed E-state index contributed by atoms with van der Waals surface area (Å²) in [6, 6.07) is 14.7. The number of rotatable bonds is 13. The number of ether oxygens (including phenoxy) is 2. The smallest absolute Gasteiger partial charge is 0.407 e. The molecule has 48 heavy (non-hydrogen) atoms. The van der Waals surface area contributed by atoms with E-state index in [1.54, 1.807) is 11.8 Å². The fourth-order valence-corrected chi connectivity index (χ4v) is 6.22. The Morgan fingerprint density at radius 1 is 0.875 bits per heavy atom. The molecule has 4 rings (SSSR count). The Balaban J connectivity index is 0.000000694. The number of aliphatic carboxylic acids is 2. The van der Waals surface area contributed by atoms with Gasteiger partial charge in [0.25, 0.3) is 0 Å². The van der Waals surface area contributed by atoms with Crippen molar-refractivity contribution in [2.24, 2.45) is 0 Å². The second kappa shape index (κ2) is 19.3. The minimum Gasteiger partial charge on any atom is -0.478 e. The highest BCUT2D eigenvalue weighted by atomic mass is 35.5. The third-order valence-electron chi connectivity index (χ3n) is 7.17. The molecule has 0 bridgehead atoms. The summed E-state index contributed by atoms with van der Waals surface area (Å²) in [6.07, 6.45) is 2.51. The molecule has 0 saturated carbocycles. The molecule has 2 heterocycles. The van der Waals surface area contributed by atoms with Crippen molar-refractivity contribution in [1.82, 2.24) is 15.1 Å². The van der Waals surface area contributed by atoms with Crippen LogP contribution in [-0.4, -0.2) is 109 Å². The third kappa shape index (κ3) is 14.1. The van der Waals surface area contributed by atoms with Crippen LogP contribution in [0.3, 0.4) is 0 Å². The zero-order chi connectivity index (χ0) is 35.1. The number of esters is 1. The van der Waals surface area contributed by atoms with E-state index in [1.807, 2.05) is 26.8 Å². The van der Waals surface area contributed by atoms with Gasteiger partial charge in [-0.1, -0.05) is 35.5 Å². The molecule has 3 N–H and O–H groups in total. The zero-order valence-corrected chi connectivity index (χ0v) is 29.2. The van der Waals surface area contributed by atoms with Crippen molar-refractivity contribution in [2.45, 2.75) is 55.4 Å². The fourth-order valence-electron chi connectivity index (χ4n) is 4.97. The van der Waals surface area contributed by atoms with E-state index in [9.17, 15) is 19.2 Å². The largest absolute Gasteiger partial charge is 0.478 e. The maximum absolute atomic E-state index is 12.0. The van der Waals surface area contributed by atoms with Gasteiger partial charge in [-0.15, -0.1) is 0 Å². The lowest BCUT2D eigenvalue weighted by Crippen LogP contribution is -2.47. The Kier molecular flexibility index (Phi) is 15.5. The quantitative estimate of drug-likeness (QED) is 0.137. The summed E-state index contributed by atoms with van der Waals surface area (Å²) in [4.78, 5) is 52.6. The van der Waals surface area contributed by atoms with Gasteiger partial charge in [-0.05, 0) is 70.5 Å². The molecule has 0 aromatic heterocycles. The van der Waals surface area contributed by atoms with Gasteiger partial charge in [0.2, 0.25) is 0 Å². The molecule has 0 atom stereocenters. The number of carboxylic acid groups (broad SMARTS) is 2. The molecule has 0 aliphatic carbocycles. The lowest BCUT2D eigenvalue weighted by atomic mass is 10.2. The van der Waals surface area contributed by atoms with Gasteiger partial charge in [-0.3, -0.25) is 9.69 Å². The van der Waals surface area contributed by atoms with Crippen molar-refractivity contribution in [3.8, 4) is 0 Å². The summed E-state index contributed by atoms with van der Waals surface area (Å²) in [5.41, 5.74) is 1.91. The molecule has 2 aromatic rings. The second-order valence-electron chi connectivity index (χ2n) is 12.1. The first kappa shape index (κ1) is 38.7. The summed E-state index contributed by atoms with van der Waals surface area (Å²) in [7, 11) is 0. The molecule has 1 fully saturated rings. The number of hydrogen-bond donors (Lipinski definition) is 3. The van der Waals surface area contributed by atoms with Crippen molar-refractivity contribution in [3.05, 3.63) is 59.6 Å². The van der Waals surface area contributed by atoms with E-state index in [2.05, 4.69) is 56.4 Å². The number of benzene rings is 2. The van der Waals surface area contributed by atoms with Crippen molar-refractivity contribution in [3.63, 3.8) is 0 Å². The number of carboxylic acids is 2. The van der Waals surface area contributed by atoms with E-state index in [0.29, 0.717) is 31.7 Å². The number of carbonyl (C=O) groups excluding carboxylic acids is 2. The average molecular weight is 705 g/mol. The zero-order valence-electron chi connectivity index (χ0n) is 27.7. The number of carbonyl (C=O) groups is 4. The summed E-state index contributed by atoms with van der Waals surface area (Å²) in [5, 5.41) is 19.0. The van der Waals surface area contributed by atoms with Crippen molar-refractivity contribution in [1.29, 1.82) is 0 Å². The van der Waals surface area contributed by atoms with Crippen LogP contribution in [0.2, 0.25) is 5.02 Å². The highest BCUT2D eigenvalue weighted by Crippen LogP contribution is 2.48. The molecule has 2 aliphatic heterocycles. The van der Waals surface area contributed by atoms with E-state index in [1.165, 1.54) is 21.2 Å². The van der Waals surface area contributed by atoms with E-state index in [0.717, 1.165) is 57.3 Å². The second-order valence-corrected chi connectivity index (χ2v) is 13.7. The van der Waals surface area contributed by atoms with Crippen LogP contribution in [-0.2, 0) is 23.9 Å². The molecule has 0 spiro atoms. The lowest BCUT2D eigenvalue weighted by molar-refractivity contribution is -0.144. The molecular formula is C34H45ClN4O8S. The molecule has 2 aliphatic rings. The van der Waals surface area contributed by atoms with Gasteiger partial charge in [0.05, 0.1) is 11.4 Å². The van der Waals surface area contributed by atoms with Gasteiger partial charge in [0.1, 0.15) is 12.2 Å². The van der Waals surface area contributed by atoms with E-state index in [-0.39, 0.29) is 12.4 Å². The van der Waals surface area contributed by atoms with Crippen LogP contribution in [0, 0.1) is 0 Å². The minimum absolute atomic E-state index is 0.231. The normalized spacial score (nSPS) is 14.7. The highest BCUT2D eigenvalue weighted by molar-refractivity contribution is 7.99. The molecule has 0 unspecified atom stereocenters. The molecule has 1 saturated heterocycles. The van der Waals surface area contributed by atoms with Crippen molar-refractivity contribution in [2.75, 3.05) is 63.9 Å². The SMILES string of the molecule is CC(C)(C)OC(=O)NCCCC(=O)OCCN1CCN(CCCN2c3ccccc3Sc3ccc(Cl)cc32)CC1.O=C(O)/C=C\C(=O)O. The monoisotopic (exact) mass is 704 g/mol. The van der Waals surface area contributed by atoms with Crippen LogP contribution in [0.5, 0.6) is 0 Å². The molecular weight excluding hydrogens is 660 g/mol. The molecule has 1 amide bonds. The number of halogens is 1. The third-order valence-corrected chi connectivity index (χ3v) is 8.54. The standard InChI is InChI=1S/C30H41ClN4O4S.C4H4O4/c1-30(2,3)39-29(37)32-13-6-10-28(36)38-21-20-34-18-16-33(17-19-34)14-7-15-35-24-8-4-5-9-26(24)40-27-12-11-23(31)22-25(27)35;5-3(6)1-2-4(7)8/h4-5,8-9,11-12,22H,6-7,10,13-21H2,1-3H3,(H,32,37);1-2H,(H,5,6)(H,7,8)/b;2-1-. The van der Waals surface area contributed by atoms with Crippen LogP contribution >= 0.6 is 23.4 Å². The Hall–Kier alpha value is -3.78. The van der Waals surface area contributed by atoms with E-state index < -0.39 is 23.6 Å². The number of para-hydroxylation sites is 1. The van der Waals surface area contributed by atoms with Crippen LogP contribution in [0.25, 0.3) is 0 Å². The predicted molar refractivity (Wildman–Crippen MR) is 185 cm³/mol. The number of nitrogens with one attached hydrogen (secondary N) is 1. The number of alkyl carbamates (subject to hydrolysis) is 1. The highest BCUT2D eigenvalue weighted by Gasteiger charge is 2.24. The summed E-state index contributed by atoms with van der Waals surface area (Å²) in [5.74, 6) is -2.75. The first-order chi connectivity index (χ1) is 22.8. The maximum atomic E-state index is 12.0. The summed E-state index contributed by atoms with van der Waals surface area (Å²) in [6.45, 7) is 12.9. The summed E-state index contributed by atoms with van der Waals surface area (Å²) < 4.78 is 10.6. The van der Waals surface area contributed by atoms with Gasteiger partial charge in [0, 0.05) is 79.2 Å². The van der Waals surface area contributed by atoms with Crippen LogP contribution in [0.1, 0.15) is 40.0 Å². The Bertz CT molecular complexity index is 1410. The van der Waals surface area contributed by atoms with Gasteiger partial charge in [0.15, 0.2) is 0 Å². The maximum Gasteiger partial charge on any atom is 0.407 e. The van der Waals surface area contributed by atoms with Crippen LogP contribution in [0.15, 0.2) is 64.4 Å². The minimum atomic E-state index is -1.26. The fraction of sp³-hybridized carbons (Fsp3) is 0.471. The van der Waals surface area contributed by atoms with Crippen molar-refractivity contribution < 1.29 is 38.9 Å². The Morgan fingerprint density at radius 3 is 2.15 bits per heavy atom. The molecule has 2 aromatic carbocycles. The van der Waals surface area contributed by atoms with Crippen LogP contribution in [0.4, 0.5) is 16.2 Å². The number of piperazine rings is 1. The number of fused-ring (bicyclic) bond motifs is 2. The number of hydrogen-bond acceptors (Lipinski definition) is 10. The molecule has 12 nitrogen and oxygen atoms in total. The van der Waals surface area contributed by atoms with E-state index >= 15 is 0 Å². The Morgan fingerprint density at radius 2 is 1.50 bits per heavy atom. The Labute approximate surface area is 291 Å². The van der Waals surface area contributed by atoms with Crippen molar-refractivity contribution >= 4 is 58.7 Å². The van der Waals surface area contributed by atoms with Gasteiger partial charge >= 0.3 is 24.0 Å². The molecule has 14 heteroatoms. The molecule has 262 valence electrons. The first-order valence-corrected chi connectivity index (χ1v) is 17.1. The van der Waals surface area contributed by atoms with Gasteiger partial charge < -0.3 is 34.8 Å². The van der Waals surface area contributed by atoms with Gasteiger partial charge in [-0.2, -0.15) is 0 Å². The lowest BCUT2D eigenvalue weighted by Gasteiger charge is -2.36. The molecule has 0 radical (unpaired) electrons. The predicted octanol–water partition coefficient (Wildman–Crippen LogP) is 5.51. The average Bonchev–Trinajstić information content (AvgIpc) is 3.02. The number of anilines is 2. The number of amides is 1. The topological polar surface area (TPSA) is 149 Å². The first-order valence-electron chi connectivity index (χ1n) is 15.9. The summed E-state index contributed by atoms with van der Waals surface area (Å²) >= 11 is 8.16. The van der Waals surface area contributed by atoms with Gasteiger partial charge in [-0.25, -0.2) is 14.4 Å². The number of nitrogens with zero attached hydrogens (tertiary/aromatic N) is 3. The van der Waals surface area contributed by atoms with E-state index in [4.69, 9.17) is 31.3 Å². The van der Waals surface area contributed by atoms with Crippen LogP contribution < -0.4 is 10.2 Å².